The molecule has 8 bridgehead atoms. The Balaban J connectivity index is 0.00000179. The van der Waals surface area contributed by atoms with E-state index >= 15 is 17.6 Å². The van der Waals surface area contributed by atoms with Gasteiger partial charge in [0.15, 0.2) is 29.6 Å². The number of aromatic amines is 2. The van der Waals surface area contributed by atoms with Crippen molar-refractivity contribution in [1.82, 2.24) is 34.9 Å². The molecule has 7 heterocycles. The molecule has 6 atom stereocenters. The summed E-state index contributed by atoms with van der Waals surface area (Å²) in [6.07, 6.45) is 13.4. The lowest BCUT2D eigenvalue weighted by Crippen LogP contribution is -2.11. The van der Waals surface area contributed by atoms with Crippen molar-refractivity contribution in [3.05, 3.63) is 178 Å². The SMILES string of the molecule is CC(O)CO.COc1cc(OCCCn2nnc3c2CC[C@@H]2[C@H](CC3)[C@@H]2COC(=O)CCCCCCCNc2c(F)c(F)c(-c3c4nc(c(-c5cccc(O)c5)c5ccc([nH]5)c(-c5cccc(O)c5)c5nc(c(-c6cccc(O)c6)c6ccc3[nH]6)C=C5)C=C4)c(F)c2F)ccc1C1OCC(C)O1. The van der Waals surface area contributed by atoms with Crippen LogP contribution in [0.15, 0.2) is 115 Å². The fourth-order valence-electron chi connectivity index (χ4n) is 14.1. The Bertz CT molecular complexity index is 4750. The number of halogens is 4. The second kappa shape index (κ2) is 31.3. The van der Waals surface area contributed by atoms with Crippen LogP contribution in [-0.2, 0) is 38.4 Å². The van der Waals surface area contributed by atoms with Crippen LogP contribution in [0.5, 0.6) is 28.7 Å². The van der Waals surface area contributed by atoms with Crippen LogP contribution >= 0.6 is 0 Å². The number of nitrogens with zero attached hydrogens (tertiary/aromatic N) is 5. The molecule has 3 unspecified atom stereocenters. The summed E-state index contributed by atoms with van der Waals surface area (Å²) < 4.78 is 98.6. The Morgan fingerprint density at radius 2 is 1.20 bits per heavy atom. The largest absolute Gasteiger partial charge is 0.508 e. The molecule has 5 aromatic carbocycles. The minimum absolute atomic E-state index is 0.00237. The van der Waals surface area contributed by atoms with E-state index in [1.54, 1.807) is 79.9 Å². The number of fused-ring (bicyclic) bond motifs is 10. The number of nitrogens with one attached hydrogen (secondary N) is 3. The molecule has 2 fully saturated rings. The van der Waals surface area contributed by atoms with Gasteiger partial charge in [-0.3, -0.25) is 4.79 Å². The van der Waals surface area contributed by atoms with E-state index in [0.717, 1.165) is 49.1 Å². The number of esters is 1. The number of phenolic OH excluding ortho intramolecular Hbond substituents is 3. The van der Waals surface area contributed by atoms with Crippen molar-refractivity contribution in [3.63, 3.8) is 0 Å². The Kier molecular flexibility index (Phi) is 21.5. The predicted octanol–water partition coefficient (Wildman–Crippen LogP) is 15.6. The molecule has 5 aliphatic rings. The molecule has 0 radical (unpaired) electrons. The zero-order valence-electron chi connectivity index (χ0n) is 56.7. The number of aliphatic hydroxyl groups excluding tert-OH is 2. The number of aliphatic hydroxyl groups is 2. The highest BCUT2D eigenvalue weighted by atomic mass is 19.2. The van der Waals surface area contributed by atoms with Crippen molar-refractivity contribution in [2.45, 2.75) is 110 Å². The molecular formula is C79H80F4N8O11. The maximum absolute atomic E-state index is 17.1. The summed E-state index contributed by atoms with van der Waals surface area (Å²) in [7, 11) is 1.62. The molecule has 1 saturated carbocycles. The quantitative estimate of drug-likeness (QED) is 0.0128. The van der Waals surface area contributed by atoms with Gasteiger partial charge in [0.25, 0.3) is 0 Å². The number of hydrogen-bond donors (Lipinski definition) is 8. The first-order valence-corrected chi connectivity index (χ1v) is 34.6. The number of H-pyrrole nitrogens is 2. The molecule has 0 amide bonds. The molecule has 530 valence electrons. The number of carbonyl (C=O) groups is 1. The van der Waals surface area contributed by atoms with Gasteiger partial charge in [-0.15, -0.1) is 5.10 Å². The van der Waals surface area contributed by atoms with E-state index in [1.807, 2.05) is 54.1 Å². The molecule has 2 aliphatic carbocycles. The summed E-state index contributed by atoms with van der Waals surface area (Å²) in [5.41, 5.74) is 6.66. The van der Waals surface area contributed by atoms with E-state index < -0.39 is 46.9 Å². The zero-order valence-corrected chi connectivity index (χ0v) is 56.7. The maximum atomic E-state index is 17.1. The second-order valence-electron chi connectivity index (χ2n) is 26.3. The van der Waals surface area contributed by atoms with E-state index in [2.05, 4.69) is 25.6 Å². The molecule has 4 aromatic heterocycles. The first kappa shape index (κ1) is 70.1. The number of phenols is 3. The third-order valence-corrected chi connectivity index (χ3v) is 19.2. The molecule has 102 heavy (non-hydrogen) atoms. The lowest BCUT2D eigenvalue weighted by Gasteiger charge is -2.16. The second-order valence-corrected chi connectivity index (χ2v) is 26.3. The molecule has 14 rings (SSSR count). The van der Waals surface area contributed by atoms with Crippen molar-refractivity contribution in [3.8, 4) is 73.3 Å². The molecule has 0 spiro atoms. The van der Waals surface area contributed by atoms with E-state index in [4.69, 9.17) is 43.9 Å². The van der Waals surface area contributed by atoms with Crippen molar-refractivity contribution in [2.24, 2.45) is 17.8 Å². The number of unbranched alkanes of at least 4 members (excludes halogenated alkanes) is 4. The summed E-state index contributed by atoms with van der Waals surface area (Å²) in [6, 6.07) is 32.2. The first-order valence-electron chi connectivity index (χ1n) is 34.6. The van der Waals surface area contributed by atoms with Gasteiger partial charge >= 0.3 is 5.97 Å². The summed E-state index contributed by atoms with van der Waals surface area (Å²) in [5.74, 6) is -4.25. The molecule has 9 aromatic rings. The van der Waals surface area contributed by atoms with Gasteiger partial charge in [-0.2, -0.15) is 0 Å². The van der Waals surface area contributed by atoms with Crippen LogP contribution in [0.25, 0.3) is 90.9 Å². The first-order chi connectivity index (χ1) is 49.5. The molecule has 1 saturated heterocycles. The third-order valence-electron chi connectivity index (χ3n) is 19.2. The fraction of sp³-hybridized carbons (Fsp3) is 0.329. The van der Waals surface area contributed by atoms with Crippen molar-refractivity contribution in [1.29, 1.82) is 0 Å². The van der Waals surface area contributed by atoms with Gasteiger partial charge in [-0.05, 0) is 184 Å². The molecule has 3 aliphatic heterocycles. The molecule has 23 heteroatoms. The van der Waals surface area contributed by atoms with Crippen molar-refractivity contribution >= 4 is 58.0 Å². The van der Waals surface area contributed by atoms with Crippen LogP contribution in [0.4, 0.5) is 23.2 Å². The smallest absolute Gasteiger partial charge is 0.305 e. The number of rotatable bonds is 23. The van der Waals surface area contributed by atoms with Gasteiger partial charge in [0.05, 0.1) is 85.5 Å². The minimum atomic E-state index is -1.65. The highest BCUT2D eigenvalue weighted by Crippen LogP contribution is 2.53. The van der Waals surface area contributed by atoms with Gasteiger partial charge in [0.2, 0.25) is 0 Å². The number of ether oxygens (including phenoxy) is 5. The van der Waals surface area contributed by atoms with E-state index in [0.29, 0.717) is 149 Å². The minimum Gasteiger partial charge on any atom is -0.508 e. The topological polar surface area (TPSA) is 264 Å². The number of benzene rings is 5. The molecule has 19 nitrogen and oxygen atoms in total. The number of aromatic hydroxyl groups is 3. The highest BCUT2D eigenvalue weighted by molar-refractivity contribution is 6.00. The Labute approximate surface area is 586 Å². The lowest BCUT2D eigenvalue weighted by molar-refractivity contribution is -0.144. The van der Waals surface area contributed by atoms with Crippen molar-refractivity contribution < 1.29 is 71.6 Å². The van der Waals surface area contributed by atoms with Crippen LogP contribution in [0, 0.1) is 41.0 Å². The summed E-state index contributed by atoms with van der Waals surface area (Å²) in [4.78, 5) is 29.8. The van der Waals surface area contributed by atoms with Gasteiger partial charge in [-0.1, -0.05) is 60.9 Å². The summed E-state index contributed by atoms with van der Waals surface area (Å²) >= 11 is 0. The van der Waals surface area contributed by atoms with Gasteiger partial charge in [0.1, 0.15) is 34.4 Å². The highest BCUT2D eigenvalue weighted by Gasteiger charge is 2.50. The number of aromatic nitrogens is 7. The number of methoxy groups -OCH3 is 1. The van der Waals surface area contributed by atoms with Crippen LogP contribution in [0.1, 0.15) is 118 Å². The van der Waals surface area contributed by atoms with E-state index in [-0.39, 0.29) is 71.4 Å². The third kappa shape index (κ3) is 15.4. The van der Waals surface area contributed by atoms with E-state index in [9.17, 15) is 20.1 Å². The lowest BCUT2D eigenvalue weighted by atomic mass is 10.0. The van der Waals surface area contributed by atoms with Gasteiger partial charge in [-0.25, -0.2) is 32.2 Å². The van der Waals surface area contributed by atoms with Crippen LogP contribution in [0.2, 0.25) is 0 Å². The molecule has 8 N–H and O–H groups in total. The average molecular weight is 1390 g/mol. The number of hydrogen-bond acceptors (Lipinski definition) is 16. The Hall–Kier alpha value is -10.3. The number of aryl methyl sites for hydroxylation is 2. The number of carbonyl (C=O) groups excluding carboxylic acids is 1. The van der Waals surface area contributed by atoms with Crippen LogP contribution < -0.4 is 14.8 Å². The number of anilines is 1. The predicted molar refractivity (Wildman–Crippen MR) is 381 cm³/mol. The zero-order chi connectivity index (χ0) is 71.1. The summed E-state index contributed by atoms with van der Waals surface area (Å²) in [5, 5.41) is 60.0. The standard InChI is InChI=1S/C76H72F4N8O9.C3H8O2/c1-42-40-96-76(97-42)52-20-19-49(39-64(52)93-2)94-35-11-34-88-63-32-22-51-50(21-23-54(63)86-87-88)53(51)41-95-65(92)18-6-4-3-5-7-33-81-75-73(79)71(77)70(72(78)74(75)80)69-61-30-28-59(84-61)67(44-13-9-16-47(90)37-44)57-26-24-55(82-57)66(43-12-8-15-46(89)36-43)56-25-27-58(83-56)68(60-29-31-62(69)85-60)45-14-10-17-48(91)38-45;1-3(5)2-4/h8-10,12-17,19-20,24-31,36-39,42,50-51,53,76,81-82,85,89-91H,3-7,11,18,21-23,32-35,40-41H2,1-2H3;3-5H,2H2,1H3/t42?,50-,51+,53-,76?;/m0./s1. The van der Waals surface area contributed by atoms with Crippen LogP contribution in [-0.4, -0.2) is 119 Å². The Morgan fingerprint density at radius 1 is 0.667 bits per heavy atom. The summed E-state index contributed by atoms with van der Waals surface area (Å²) in [6.45, 7) is 5.45. The fourth-order valence-corrected chi connectivity index (χ4v) is 14.1. The van der Waals surface area contributed by atoms with Crippen molar-refractivity contribution in [2.75, 3.05) is 45.4 Å². The van der Waals surface area contributed by atoms with Crippen LogP contribution in [0.3, 0.4) is 0 Å². The maximum Gasteiger partial charge on any atom is 0.305 e. The molecular weight excluding hydrogens is 1310 g/mol. The average Bonchev–Trinajstić information content (AvgIpc) is 1.52. The Morgan fingerprint density at radius 3 is 1.73 bits per heavy atom. The van der Waals surface area contributed by atoms with Gasteiger partial charge in [0, 0.05) is 81.9 Å². The van der Waals surface area contributed by atoms with E-state index in [1.165, 1.54) is 31.2 Å². The normalized spacial score (nSPS) is 17.6. The van der Waals surface area contributed by atoms with Gasteiger partial charge < -0.3 is 64.5 Å². The monoisotopic (exact) mass is 1390 g/mol.